The summed E-state index contributed by atoms with van der Waals surface area (Å²) in [6, 6.07) is 0. The van der Waals surface area contributed by atoms with Crippen molar-refractivity contribution in [3.05, 3.63) is 22.1 Å². The molecule has 7 nitrogen and oxygen atoms in total. The minimum Gasteiger partial charge on any atom is -0.349 e. The number of hydrogen-bond acceptors (Lipinski definition) is 6. The molecule has 0 aromatic carbocycles. The van der Waals surface area contributed by atoms with Crippen LogP contribution in [0.4, 0.5) is 0 Å². The van der Waals surface area contributed by atoms with E-state index in [0.717, 1.165) is 47.5 Å². The third kappa shape index (κ3) is 3.95. The normalized spacial score (nSPS) is 17.1. The first-order valence-corrected chi connectivity index (χ1v) is 11.6. The molecule has 0 aliphatic heterocycles. The maximum absolute atomic E-state index is 12.6. The lowest BCUT2D eigenvalue weighted by Gasteiger charge is -2.33. The summed E-state index contributed by atoms with van der Waals surface area (Å²) in [5, 5.41) is 8.51. The molecule has 0 saturated heterocycles. The summed E-state index contributed by atoms with van der Waals surface area (Å²) in [5.41, 5.74) is 2.43. The molecular weight excluding hydrogens is 396 g/mol. The molecule has 0 bridgehead atoms. The fourth-order valence-corrected chi connectivity index (χ4v) is 5.63. The van der Waals surface area contributed by atoms with Gasteiger partial charge in [0.05, 0.1) is 5.39 Å². The third-order valence-corrected chi connectivity index (χ3v) is 7.29. The molecule has 3 aromatic heterocycles. The van der Waals surface area contributed by atoms with Crippen LogP contribution < -0.4 is 5.32 Å². The minimum atomic E-state index is -0.220. The van der Waals surface area contributed by atoms with Crippen LogP contribution in [0.15, 0.2) is 0 Å². The summed E-state index contributed by atoms with van der Waals surface area (Å²) < 4.78 is 1.74. The van der Waals surface area contributed by atoms with E-state index in [1.54, 1.807) is 15.9 Å². The number of amides is 1. The molecule has 1 atom stereocenters. The van der Waals surface area contributed by atoms with Crippen molar-refractivity contribution in [2.24, 2.45) is 11.3 Å². The summed E-state index contributed by atoms with van der Waals surface area (Å²) in [6.07, 6.45) is 4.20. The van der Waals surface area contributed by atoms with Crippen molar-refractivity contribution in [1.29, 1.82) is 0 Å². The lowest BCUT2D eigenvalue weighted by atomic mass is 9.72. The molecule has 0 saturated carbocycles. The van der Waals surface area contributed by atoms with Crippen LogP contribution in [0.2, 0.25) is 0 Å². The second-order valence-corrected chi connectivity index (χ2v) is 10.8. The van der Waals surface area contributed by atoms with Crippen LogP contribution in [0.1, 0.15) is 60.5 Å². The van der Waals surface area contributed by atoms with Crippen molar-refractivity contribution >= 4 is 33.1 Å². The average molecular weight is 429 g/mol. The van der Waals surface area contributed by atoms with Gasteiger partial charge in [-0.1, -0.05) is 20.8 Å². The van der Waals surface area contributed by atoms with Gasteiger partial charge >= 0.3 is 0 Å². The largest absolute Gasteiger partial charge is 0.349 e. The van der Waals surface area contributed by atoms with Crippen LogP contribution in [0, 0.1) is 18.3 Å². The number of nitrogens with zero attached hydrogens (tertiary/aromatic N) is 5. The number of thiophene rings is 1. The van der Waals surface area contributed by atoms with Gasteiger partial charge in [0.25, 0.3) is 5.91 Å². The maximum Gasteiger partial charge on any atom is 0.290 e. The first kappa shape index (κ1) is 21.2. The van der Waals surface area contributed by atoms with Crippen molar-refractivity contribution in [3.63, 3.8) is 0 Å². The summed E-state index contributed by atoms with van der Waals surface area (Å²) in [5.74, 6) is 1.45. The Labute approximate surface area is 181 Å². The highest BCUT2D eigenvalue weighted by atomic mass is 32.1. The molecular formula is C22H32N6OS. The van der Waals surface area contributed by atoms with Gasteiger partial charge in [0.1, 0.15) is 10.7 Å². The smallest absolute Gasteiger partial charge is 0.290 e. The van der Waals surface area contributed by atoms with E-state index in [-0.39, 0.29) is 11.7 Å². The number of fused-ring (bicyclic) bond motifs is 5. The van der Waals surface area contributed by atoms with Crippen molar-refractivity contribution < 1.29 is 4.79 Å². The van der Waals surface area contributed by atoms with Gasteiger partial charge in [0.15, 0.2) is 5.65 Å². The SMILES string of the molecule is Cc1nc2sc3c(c2c2nc(C(=O)NCCCN(C)C)nn12)CCC(C(C)(C)C)C3. The highest BCUT2D eigenvalue weighted by molar-refractivity contribution is 7.19. The van der Waals surface area contributed by atoms with Crippen LogP contribution in [0.25, 0.3) is 15.9 Å². The molecule has 1 aliphatic carbocycles. The Hall–Kier alpha value is -2.06. The molecule has 0 radical (unpaired) electrons. The summed E-state index contributed by atoms with van der Waals surface area (Å²) in [4.78, 5) is 26.6. The van der Waals surface area contributed by atoms with Crippen molar-refractivity contribution in [2.75, 3.05) is 27.2 Å². The summed E-state index contributed by atoms with van der Waals surface area (Å²) in [7, 11) is 4.05. The van der Waals surface area contributed by atoms with Crippen molar-refractivity contribution in [2.45, 2.75) is 53.4 Å². The van der Waals surface area contributed by atoms with Crippen LogP contribution in [0.3, 0.4) is 0 Å². The monoisotopic (exact) mass is 428 g/mol. The topological polar surface area (TPSA) is 75.4 Å². The minimum absolute atomic E-state index is 0.220. The summed E-state index contributed by atoms with van der Waals surface area (Å²) in [6.45, 7) is 10.5. The molecule has 8 heteroatoms. The first-order valence-electron chi connectivity index (χ1n) is 10.8. The van der Waals surface area contributed by atoms with Crippen molar-refractivity contribution in [1.82, 2.24) is 29.8 Å². The molecule has 30 heavy (non-hydrogen) atoms. The van der Waals surface area contributed by atoms with Crippen LogP contribution >= 0.6 is 11.3 Å². The zero-order valence-corrected chi connectivity index (χ0v) is 19.7. The lowest BCUT2D eigenvalue weighted by Crippen LogP contribution is -2.28. The van der Waals surface area contributed by atoms with E-state index in [1.807, 2.05) is 21.0 Å². The molecule has 1 aliphatic rings. The predicted octanol–water partition coefficient (Wildman–Crippen LogP) is 3.48. The molecule has 162 valence electrons. The standard InChI is InChI=1S/C22H32N6OS/c1-13-24-21-17(15-9-8-14(22(2,3)4)12-16(15)30-21)19-25-18(26-28(13)19)20(29)23-10-7-11-27(5)6/h14H,7-12H2,1-6H3,(H,23,29). The number of rotatable bonds is 5. The predicted molar refractivity (Wildman–Crippen MR) is 121 cm³/mol. The Bertz CT molecular complexity index is 1090. The molecule has 1 amide bonds. The summed E-state index contributed by atoms with van der Waals surface area (Å²) >= 11 is 1.79. The van der Waals surface area contributed by atoms with E-state index in [4.69, 9.17) is 4.98 Å². The van der Waals surface area contributed by atoms with Crippen LogP contribution in [-0.4, -0.2) is 57.6 Å². The third-order valence-electron chi connectivity index (χ3n) is 6.14. The van der Waals surface area contributed by atoms with Gasteiger partial charge in [-0.05, 0) is 70.1 Å². The van der Waals surface area contributed by atoms with Gasteiger partial charge in [-0.2, -0.15) is 4.52 Å². The molecule has 1 unspecified atom stereocenters. The number of hydrogen-bond donors (Lipinski definition) is 1. The molecule has 0 spiro atoms. The Morgan fingerprint density at radius 3 is 2.77 bits per heavy atom. The van der Waals surface area contributed by atoms with Gasteiger partial charge < -0.3 is 10.2 Å². The number of carbonyl (C=O) groups excluding carboxylic acids is 1. The van der Waals surface area contributed by atoms with Gasteiger partial charge in [0, 0.05) is 11.4 Å². The van der Waals surface area contributed by atoms with E-state index >= 15 is 0 Å². The van der Waals surface area contributed by atoms with Crippen LogP contribution in [0.5, 0.6) is 0 Å². The van der Waals surface area contributed by atoms with E-state index in [9.17, 15) is 4.79 Å². The highest BCUT2D eigenvalue weighted by Gasteiger charge is 2.32. The molecule has 1 N–H and O–H groups in total. The Kier molecular flexibility index (Phi) is 5.57. The van der Waals surface area contributed by atoms with E-state index in [2.05, 4.69) is 41.1 Å². The lowest BCUT2D eigenvalue weighted by molar-refractivity contribution is 0.0942. The van der Waals surface area contributed by atoms with Gasteiger partial charge in [0.2, 0.25) is 5.82 Å². The highest BCUT2D eigenvalue weighted by Crippen LogP contribution is 2.43. The molecule has 3 heterocycles. The quantitative estimate of drug-likeness (QED) is 0.630. The maximum atomic E-state index is 12.6. The van der Waals surface area contributed by atoms with E-state index in [1.165, 1.54) is 16.9 Å². The fourth-order valence-electron chi connectivity index (χ4n) is 4.29. The Morgan fingerprint density at radius 1 is 1.30 bits per heavy atom. The first-order chi connectivity index (χ1) is 14.1. The Balaban J connectivity index is 1.67. The fraction of sp³-hybridized carbons (Fsp3) is 0.636. The van der Waals surface area contributed by atoms with Crippen LogP contribution in [-0.2, 0) is 12.8 Å². The molecule has 0 fully saturated rings. The molecule has 3 aromatic rings. The zero-order valence-electron chi connectivity index (χ0n) is 18.9. The number of carbonyl (C=O) groups is 1. The van der Waals surface area contributed by atoms with Gasteiger partial charge in [-0.3, -0.25) is 4.79 Å². The van der Waals surface area contributed by atoms with E-state index < -0.39 is 0 Å². The number of aromatic nitrogens is 4. The second kappa shape index (κ2) is 7.89. The van der Waals surface area contributed by atoms with Gasteiger partial charge in [-0.25, -0.2) is 9.97 Å². The van der Waals surface area contributed by atoms with E-state index in [0.29, 0.717) is 17.9 Å². The zero-order chi connectivity index (χ0) is 21.6. The second-order valence-electron chi connectivity index (χ2n) is 9.73. The Morgan fingerprint density at radius 2 is 2.07 bits per heavy atom. The van der Waals surface area contributed by atoms with Gasteiger partial charge in [-0.15, -0.1) is 16.4 Å². The average Bonchev–Trinajstić information content (AvgIpc) is 3.25. The number of aryl methyl sites for hydroxylation is 2. The molecule has 4 rings (SSSR count). The number of nitrogens with one attached hydrogen (secondary N) is 1. The van der Waals surface area contributed by atoms with Crippen molar-refractivity contribution in [3.8, 4) is 0 Å².